The number of carbonyl (C=O) groups is 1. The second-order valence-corrected chi connectivity index (χ2v) is 8.91. The smallest absolute Gasteiger partial charge is 0.238 e. The van der Waals surface area contributed by atoms with Crippen molar-refractivity contribution in [1.82, 2.24) is 20.2 Å². The van der Waals surface area contributed by atoms with Crippen LogP contribution in [0.15, 0.2) is 78.1 Å². The Morgan fingerprint density at radius 3 is 2.19 bits per heavy atom. The van der Waals surface area contributed by atoms with Crippen LogP contribution in [0.5, 0.6) is 0 Å². The van der Waals surface area contributed by atoms with Crippen molar-refractivity contribution in [2.45, 2.75) is 17.3 Å². The molecule has 6 nitrogen and oxygen atoms in total. The number of carbonyl (C=O) groups excluding carboxylic acids is 1. The van der Waals surface area contributed by atoms with Crippen LogP contribution in [0.2, 0.25) is 10.0 Å². The molecule has 0 radical (unpaired) electrons. The first-order valence-corrected chi connectivity index (χ1v) is 11.3. The van der Waals surface area contributed by atoms with E-state index in [9.17, 15) is 4.79 Å². The Bertz CT molecular complexity index is 1240. The largest absolute Gasteiger partial charge is 0.308 e. The first-order chi connectivity index (χ1) is 15.5. The third-order valence-electron chi connectivity index (χ3n) is 4.46. The predicted molar refractivity (Wildman–Crippen MR) is 129 cm³/mol. The van der Waals surface area contributed by atoms with Crippen LogP contribution in [0, 0.1) is 0 Å². The summed E-state index contributed by atoms with van der Waals surface area (Å²) in [6.45, 7) is 1.75. The zero-order valence-corrected chi connectivity index (χ0v) is 19.2. The maximum atomic E-state index is 12.7. The van der Waals surface area contributed by atoms with Crippen molar-refractivity contribution in [3.8, 4) is 22.5 Å². The summed E-state index contributed by atoms with van der Waals surface area (Å²) >= 11 is 13.2. The van der Waals surface area contributed by atoms with Crippen LogP contribution in [0.3, 0.4) is 0 Å². The molecular formula is C23H17Cl2N5OS. The standard InChI is InChI=1S/C23H17Cl2N5OS/c1-14(22(31)28-21-18(25)12-17(24)13-26-21)32-23-27-19(15-8-4-2-5-9-15)20(29-30-23)16-10-6-3-7-11-16/h2-14H,1H3,(H,26,28,31)/t14-/m1/s1. The van der Waals surface area contributed by atoms with E-state index < -0.39 is 5.25 Å². The van der Waals surface area contributed by atoms with Gasteiger partial charge in [0, 0.05) is 17.3 Å². The summed E-state index contributed by atoms with van der Waals surface area (Å²) in [6.07, 6.45) is 1.42. The molecule has 0 unspecified atom stereocenters. The number of thioether (sulfide) groups is 1. The van der Waals surface area contributed by atoms with E-state index in [2.05, 4.69) is 20.5 Å². The fourth-order valence-electron chi connectivity index (χ4n) is 2.89. The Hall–Kier alpha value is -3.00. The summed E-state index contributed by atoms with van der Waals surface area (Å²) in [5.41, 5.74) is 3.20. The first kappa shape index (κ1) is 22.2. The molecule has 32 heavy (non-hydrogen) atoms. The fraction of sp³-hybridized carbons (Fsp3) is 0.0870. The van der Waals surface area contributed by atoms with Crippen molar-refractivity contribution in [1.29, 1.82) is 0 Å². The fourth-order valence-corrected chi connectivity index (χ4v) is 4.03. The van der Waals surface area contributed by atoms with E-state index in [-0.39, 0.29) is 16.7 Å². The summed E-state index contributed by atoms with van der Waals surface area (Å²) in [4.78, 5) is 21.4. The van der Waals surface area contributed by atoms with Gasteiger partial charge in [-0.3, -0.25) is 4.79 Å². The number of aromatic nitrogens is 4. The molecule has 0 fully saturated rings. The number of rotatable bonds is 6. The van der Waals surface area contributed by atoms with Gasteiger partial charge >= 0.3 is 0 Å². The summed E-state index contributed by atoms with van der Waals surface area (Å²) in [7, 11) is 0. The maximum absolute atomic E-state index is 12.7. The van der Waals surface area contributed by atoms with Gasteiger partial charge in [0.1, 0.15) is 11.4 Å². The number of hydrogen-bond acceptors (Lipinski definition) is 6. The second kappa shape index (κ2) is 10.1. The van der Waals surface area contributed by atoms with Crippen molar-refractivity contribution in [3.63, 3.8) is 0 Å². The molecule has 160 valence electrons. The molecule has 2 aromatic heterocycles. The lowest BCUT2D eigenvalue weighted by atomic mass is 10.0. The Labute approximate surface area is 199 Å². The van der Waals surface area contributed by atoms with E-state index in [0.29, 0.717) is 21.6 Å². The van der Waals surface area contributed by atoms with Gasteiger partial charge in [0.25, 0.3) is 0 Å². The highest BCUT2D eigenvalue weighted by Gasteiger charge is 2.20. The van der Waals surface area contributed by atoms with Gasteiger partial charge < -0.3 is 5.32 Å². The van der Waals surface area contributed by atoms with Crippen LogP contribution in [0.25, 0.3) is 22.5 Å². The molecule has 0 saturated heterocycles. The van der Waals surface area contributed by atoms with Crippen LogP contribution in [0.4, 0.5) is 5.82 Å². The molecule has 4 rings (SSSR count). The number of hydrogen-bond donors (Lipinski definition) is 1. The summed E-state index contributed by atoms with van der Waals surface area (Å²) in [6, 6.07) is 21.0. The number of anilines is 1. The Kier molecular flexibility index (Phi) is 6.99. The topological polar surface area (TPSA) is 80.7 Å². The van der Waals surface area contributed by atoms with Crippen LogP contribution in [0.1, 0.15) is 6.92 Å². The lowest BCUT2D eigenvalue weighted by molar-refractivity contribution is -0.115. The van der Waals surface area contributed by atoms with Crippen molar-refractivity contribution in [2.24, 2.45) is 0 Å². The van der Waals surface area contributed by atoms with Gasteiger partial charge in [0.05, 0.1) is 15.3 Å². The molecular weight excluding hydrogens is 465 g/mol. The number of benzene rings is 2. The molecule has 4 aromatic rings. The Balaban J connectivity index is 1.59. The highest BCUT2D eigenvalue weighted by molar-refractivity contribution is 8.00. The van der Waals surface area contributed by atoms with Crippen LogP contribution < -0.4 is 5.32 Å². The third kappa shape index (κ3) is 5.24. The average molecular weight is 482 g/mol. The Morgan fingerprint density at radius 2 is 1.56 bits per heavy atom. The average Bonchev–Trinajstić information content (AvgIpc) is 2.82. The summed E-state index contributed by atoms with van der Waals surface area (Å²) < 4.78 is 0. The minimum atomic E-state index is -0.517. The molecule has 2 aromatic carbocycles. The molecule has 1 atom stereocenters. The van der Waals surface area contributed by atoms with Crippen LogP contribution >= 0.6 is 35.0 Å². The lowest BCUT2D eigenvalue weighted by Crippen LogP contribution is -2.23. The number of halogens is 2. The maximum Gasteiger partial charge on any atom is 0.238 e. The third-order valence-corrected chi connectivity index (χ3v) is 5.91. The highest BCUT2D eigenvalue weighted by atomic mass is 35.5. The van der Waals surface area contributed by atoms with Gasteiger partial charge in [-0.2, -0.15) is 0 Å². The lowest BCUT2D eigenvalue weighted by Gasteiger charge is -2.13. The van der Waals surface area contributed by atoms with E-state index >= 15 is 0 Å². The van der Waals surface area contributed by atoms with E-state index in [4.69, 9.17) is 28.2 Å². The van der Waals surface area contributed by atoms with Crippen molar-refractivity contribution >= 4 is 46.7 Å². The first-order valence-electron chi connectivity index (χ1n) is 9.65. The predicted octanol–water partition coefficient (Wildman–Crippen LogP) is 6.03. The highest BCUT2D eigenvalue weighted by Crippen LogP contribution is 2.31. The van der Waals surface area contributed by atoms with Crippen molar-refractivity contribution < 1.29 is 4.79 Å². The van der Waals surface area contributed by atoms with Gasteiger partial charge in [0.2, 0.25) is 11.1 Å². The number of amides is 1. The monoisotopic (exact) mass is 481 g/mol. The van der Waals surface area contributed by atoms with Gasteiger partial charge in [0.15, 0.2) is 5.82 Å². The normalized spacial score (nSPS) is 11.7. The van der Waals surface area contributed by atoms with Gasteiger partial charge in [-0.25, -0.2) is 9.97 Å². The minimum Gasteiger partial charge on any atom is -0.308 e. The molecule has 0 spiro atoms. The molecule has 2 heterocycles. The van der Waals surface area contributed by atoms with Crippen LogP contribution in [-0.2, 0) is 4.79 Å². The second-order valence-electron chi connectivity index (χ2n) is 6.76. The number of nitrogens with zero attached hydrogens (tertiary/aromatic N) is 4. The molecule has 1 N–H and O–H groups in total. The molecule has 0 aliphatic rings. The molecule has 0 aliphatic heterocycles. The Morgan fingerprint density at radius 1 is 0.938 bits per heavy atom. The summed E-state index contributed by atoms with van der Waals surface area (Å²) in [5, 5.41) is 11.9. The van der Waals surface area contributed by atoms with Crippen molar-refractivity contribution in [3.05, 3.63) is 83.0 Å². The quantitative estimate of drug-likeness (QED) is 0.338. The molecule has 0 aliphatic carbocycles. The number of nitrogens with one attached hydrogen (secondary N) is 1. The van der Waals surface area contributed by atoms with E-state index in [1.54, 1.807) is 6.92 Å². The van der Waals surface area contributed by atoms with Crippen molar-refractivity contribution in [2.75, 3.05) is 5.32 Å². The van der Waals surface area contributed by atoms with Gasteiger partial charge in [-0.05, 0) is 13.0 Å². The van der Waals surface area contributed by atoms with E-state index in [0.717, 1.165) is 11.1 Å². The van der Waals surface area contributed by atoms with Gasteiger partial charge in [-0.15, -0.1) is 10.2 Å². The zero-order chi connectivity index (χ0) is 22.5. The van der Waals surface area contributed by atoms with E-state index in [1.807, 2.05) is 60.7 Å². The SMILES string of the molecule is C[C@@H](Sc1nnc(-c2ccccc2)c(-c2ccccc2)n1)C(=O)Nc1ncc(Cl)cc1Cl. The van der Waals surface area contributed by atoms with Gasteiger partial charge in [-0.1, -0.05) is 95.6 Å². The number of pyridine rings is 1. The molecule has 1 amide bonds. The van der Waals surface area contributed by atoms with Crippen LogP contribution in [-0.4, -0.2) is 31.3 Å². The minimum absolute atomic E-state index is 0.247. The zero-order valence-electron chi connectivity index (χ0n) is 16.9. The molecule has 0 bridgehead atoms. The van der Waals surface area contributed by atoms with E-state index in [1.165, 1.54) is 24.0 Å². The molecule has 0 saturated carbocycles. The molecule has 9 heteroatoms. The summed E-state index contributed by atoms with van der Waals surface area (Å²) in [5.74, 6) is -0.0410.